The number of fused-ring (bicyclic) bond motifs is 1. The van der Waals surface area contributed by atoms with Crippen LogP contribution in [-0.4, -0.2) is 52.7 Å². The number of nitrogens with two attached hydrogens (primary N) is 1. The third kappa shape index (κ3) is 8.48. The minimum absolute atomic E-state index is 0.00119. The highest BCUT2D eigenvalue weighted by Crippen LogP contribution is 2.37. The number of nitrogens with zero attached hydrogens (tertiary/aromatic N) is 3. The Morgan fingerprint density at radius 1 is 1.06 bits per heavy atom. The Morgan fingerprint density at radius 3 is 2.37 bits per heavy atom. The molecule has 258 valence electrons. The van der Waals surface area contributed by atoms with Gasteiger partial charge in [0.15, 0.2) is 0 Å². The number of piperidine rings is 1. The summed E-state index contributed by atoms with van der Waals surface area (Å²) in [6.45, 7) is 6.00. The van der Waals surface area contributed by atoms with Crippen LogP contribution in [0.3, 0.4) is 0 Å². The Hall–Kier alpha value is -4.70. The molecule has 2 heterocycles. The summed E-state index contributed by atoms with van der Waals surface area (Å²) in [7, 11) is 0. The Morgan fingerprint density at radius 2 is 1.76 bits per heavy atom. The summed E-state index contributed by atoms with van der Waals surface area (Å²) in [5.41, 5.74) is 6.61. The second kappa shape index (κ2) is 14.8. The van der Waals surface area contributed by atoms with Gasteiger partial charge in [0.05, 0.1) is 28.8 Å². The predicted octanol–water partition coefficient (Wildman–Crippen LogP) is 6.25. The van der Waals surface area contributed by atoms with Crippen LogP contribution in [0.15, 0.2) is 53.4 Å². The predicted molar refractivity (Wildman–Crippen MR) is 177 cm³/mol. The number of halogens is 3. The van der Waals surface area contributed by atoms with Gasteiger partial charge in [0.2, 0.25) is 5.91 Å². The van der Waals surface area contributed by atoms with Gasteiger partial charge in [-0.05, 0) is 88.1 Å². The van der Waals surface area contributed by atoms with Gasteiger partial charge in [-0.2, -0.15) is 5.26 Å². The lowest BCUT2D eigenvalue weighted by Crippen LogP contribution is -2.45. The first kappa shape index (κ1) is 35.6. The molecular weight excluding hydrogens is 657 g/mol. The number of hydrogen-bond acceptors (Lipinski definition) is 8. The fourth-order valence-corrected chi connectivity index (χ4v) is 7.12. The number of rotatable bonds is 11. The first-order chi connectivity index (χ1) is 23.2. The van der Waals surface area contributed by atoms with Crippen molar-refractivity contribution in [3.8, 4) is 11.8 Å². The lowest BCUT2D eigenvalue weighted by atomic mass is 10.1. The molecule has 3 aromatic carbocycles. The van der Waals surface area contributed by atoms with Crippen molar-refractivity contribution in [1.82, 2.24) is 4.90 Å². The Labute approximate surface area is 287 Å². The largest absolute Gasteiger partial charge is 0.489 e. The van der Waals surface area contributed by atoms with Gasteiger partial charge in [-0.3, -0.25) is 14.4 Å². The van der Waals surface area contributed by atoms with Crippen LogP contribution in [0.1, 0.15) is 73.5 Å². The van der Waals surface area contributed by atoms with E-state index in [1.54, 1.807) is 51.1 Å². The maximum atomic E-state index is 15.2. The number of thioether (sulfide) groups is 1. The van der Waals surface area contributed by atoms with Gasteiger partial charge in [0.1, 0.15) is 41.5 Å². The second-order valence-electron chi connectivity index (χ2n) is 13.0. The molecule has 3 aromatic rings. The minimum Gasteiger partial charge on any atom is -0.489 e. The second-order valence-corrected chi connectivity index (χ2v) is 14.3. The van der Waals surface area contributed by atoms with Crippen molar-refractivity contribution in [3.63, 3.8) is 0 Å². The van der Waals surface area contributed by atoms with E-state index in [9.17, 15) is 18.8 Å². The Balaban J connectivity index is 1.20. The van der Waals surface area contributed by atoms with Crippen LogP contribution in [0.5, 0.6) is 5.75 Å². The topological polar surface area (TPSA) is 126 Å². The minimum atomic E-state index is -1.06. The molecule has 2 amide bonds. The SMILES string of the molecule is CC(C)(C)OC(=O)CC[C@@H](C(N)=O)N1Cc2c(OCc3cc(F)c(SC4CCN(c5ccc(C#N)cc5F)CC4)c(F)c3)cccc2C1=O. The highest BCUT2D eigenvalue weighted by atomic mass is 32.2. The number of esters is 1. The Bertz CT molecular complexity index is 1780. The lowest BCUT2D eigenvalue weighted by molar-refractivity contribution is -0.155. The van der Waals surface area contributed by atoms with Gasteiger partial charge < -0.3 is 25.0 Å². The molecule has 0 radical (unpaired) electrons. The zero-order valence-corrected chi connectivity index (χ0v) is 28.2. The smallest absolute Gasteiger partial charge is 0.306 e. The fourth-order valence-electron chi connectivity index (χ4n) is 6.00. The van der Waals surface area contributed by atoms with E-state index in [2.05, 4.69) is 0 Å². The van der Waals surface area contributed by atoms with Crippen LogP contribution in [0.4, 0.5) is 18.9 Å². The summed E-state index contributed by atoms with van der Waals surface area (Å²) in [5, 5.41) is 8.90. The third-order valence-corrected chi connectivity index (χ3v) is 9.73. The molecular formula is C36H37F3N4O5S. The molecule has 9 nitrogen and oxygen atoms in total. The fraction of sp³-hybridized carbons (Fsp3) is 0.389. The maximum Gasteiger partial charge on any atom is 0.306 e. The van der Waals surface area contributed by atoms with E-state index in [-0.39, 0.29) is 47.3 Å². The molecule has 2 aliphatic heterocycles. The van der Waals surface area contributed by atoms with Gasteiger partial charge in [-0.1, -0.05) is 6.07 Å². The summed E-state index contributed by atoms with van der Waals surface area (Å²) in [5.74, 6) is -3.33. The number of carbonyl (C=O) groups excluding carboxylic acids is 3. The number of benzene rings is 3. The van der Waals surface area contributed by atoms with Crippen molar-refractivity contribution in [2.24, 2.45) is 5.73 Å². The molecule has 2 N–H and O–H groups in total. The molecule has 49 heavy (non-hydrogen) atoms. The van der Waals surface area contributed by atoms with Gasteiger partial charge >= 0.3 is 5.97 Å². The molecule has 5 rings (SSSR count). The highest BCUT2D eigenvalue weighted by Gasteiger charge is 2.37. The van der Waals surface area contributed by atoms with Crippen LogP contribution in [0, 0.1) is 28.8 Å². The molecule has 0 bridgehead atoms. The highest BCUT2D eigenvalue weighted by molar-refractivity contribution is 8.00. The van der Waals surface area contributed by atoms with Crippen LogP contribution >= 0.6 is 11.8 Å². The van der Waals surface area contributed by atoms with Gasteiger partial charge in [-0.25, -0.2) is 13.2 Å². The van der Waals surface area contributed by atoms with E-state index in [0.717, 1.165) is 11.8 Å². The number of primary amides is 1. The van der Waals surface area contributed by atoms with Gasteiger partial charge in [0.25, 0.3) is 5.91 Å². The zero-order chi connectivity index (χ0) is 35.5. The number of ether oxygens (including phenoxy) is 2. The third-order valence-electron chi connectivity index (χ3n) is 8.30. The first-order valence-electron chi connectivity index (χ1n) is 15.9. The average Bonchev–Trinajstić information content (AvgIpc) is 3.37. The first-order valence-corrected chi connectivity index (χ1v) is 16.8. The molecule has 0 saturated carbocycles. The Kier molecular flexibility index (Phi) is 10.8. The van der Waals surface area contributed by atoms with Crippen molar-refractivity contribution in [1.29, 1.82) is 5.26 Å². The monoisotopic (exact) mass is 694 g/mol. The van der Waals surface area contributed by atoms with Crippen molar-refractivity contribution < 1.29 is 37.0 Å². The van der Waals surface area contributed by atoms with Crippen molar-refractivity contribution in [2.75, 3.05) is 18.0 Å². The molecule has 13 heteroatoms. The lowest BCUT2D eigenvalue weighted by Gasteiger charge is -2.33. The van der Waals surface area contributed by atoms with Crippen LogP contribution < -0.4 is 15.4 Å². The molecule has 0 spiro atoms. The number of carbonyl (C=O) groups is 3. The van der Waals surface area contributed by atoms with Gasteiger partial charge in [-0.15, -0.1) is 11.8 Å². The van der Waals surface area contributed by atoms with E-state index < -0.39 is 46.9 Å². The van der Waals surface area contributed by atoms with Crippen molar-refractivity contribution >= 4 is 35.2 Å². The summed E-state index contributed by atoms with van der Waals surface area (Å²) in [6.07, 6.45) is 1.04. The maximum absolute atomic E-state index is 15.2. The number of amides is 2. The summed E-state index contributed by atoms with van der Waals surface area (Å²) < 4.78 is 56.2. The molecule has 1 saturated heterocycles. The zero-order valence-electron chi connectivity index (χ0n) is 27.4. The standard InChI is InChI=1S/C36H37F3N4O5S/c1-36(2,3)48-32(44)10-9-30(34(41)45)43-19-25-24(35(43)46)5-4-6-31(25)47-20-22-16-27(38)33(28(39)17-22)49-23-11-13-42(14-12-23)29-8-7-21(18-40)15-26(29)37/h4-8,15-17,23,30H,9-14,19-20H2,1-3H3,(H2,41,45)/t30-/m0/s1. The molecule has 0 unspecified atom stereocenters. The normalized spacial score (nSPS) is 15.5. The van der Waals surface area contributed by atoms with Crippen molar-refractivity contribution in [2.45, 2.75) is 81.4 Å². The van der Waals surface area contributed by atoms with E-state index in [4.69, 9.17) is 20.5 Å². The summed E-state index contributed by atoms with van der Waals surface area (Å²) in [4.78, 5) is 40.9. The number of hydrogen-bond donors (Lipinski definition) is 1. The number of nitriles is 1. The average molecular weight is 695 g/mol. The summed E-state index contributed by atoms with van der Waals surface area (Å²) >= 11 is 1.11. The van der Waals surface area contributed by atoms with E-state index in [1.165, 1.54) is 23.1 Å². The molecule has 0 aromatic heterocycles. The van der Waals surface area contributed by atoms with E-state index in [0.29, 0.717) is 48.5 Å². The van der Waals surface area contributed by atoms with Crippen molar-refractivity contribution in [3.05, 3.63) is 88.2 Å². The van der Waals surface area contributed by atoms with Gasteiger partial charge in [0, 0.05) is 35.9 Å². The molecule has 1 atom stereocenters. The molecule has 0 aliphatic carbocycles. The van der Waals surface area contributed by atoms with Crippen LogP contribution in [0.2, 0.25) is 0 Å². The molecule has 1 fully saturated rings. The number of anilines is 1. The quantitative estimate of drug-likeness (QED) is 0.234. The molecule has 2 aliphatic rings. The van der Waals surface area contributed by atoms with E-state index in [1.807, 2.05) is 11.0 Å². The summed E-state index contributed by atoms with van der Waals surface area (Å²) in [6, 6.07) is 12.4. The van der Waals surface area contributed by atoms with Crippen LogP contribution in [0.25, 0.3) is 0 Å². The van der Waals surface area contributed by atoms with Crippen LogP contribution in [-0.2, 0) is 27.5 Å². The van der Waals surface area contributed by atoms with E-state index >= 15 is 8.78 Å².